The molecule has 0 fully saturated rings. The van der Waals surface area contributed by atoms with Crippen LogP contribution in [0.4, 0.5) is 0 Å². The molecule has 1 N–H and O–H groups in total. The Morgan fingerprint density at radius 1 is 1.22 bits per heavy atom. The number of nitrogens with one attached hydrogen (secondary N) is 1. The maximum absolute atomic E-state index is 12.3. The second-order valence-corrected chi connectivity index (χ2v) is 4.46. The molecule has 0 aliphatic heterocycles. The number of H-pyrrole nitrogens is 1. The van der Waals surface area contributed by atoms with Gasteiger partial charge in [0.05, 0.1) is 30.1 Å². The molecule has 2 aromatic rings. The van der Waals surface area contributed by atoms with E-state index in [1.165, 1.54) is 14.2 Å². The molecule has 0 saturated carbocycles. The second-order valence-electron chi connectivity index (χ2n) is 4.05. The van der Waals surface area contributed by atoms with Crippen LogP contribution in [0, 0.1) is 13.8 Å². The Morgan fingerprint density at radius 3 is 2.44 bits per heavy atom. The highest BCUT2D eigenvalue weighted by atomic mass is 35.5. The number of pyridine rings is 1. The lowest BCUT2D eigenvalue weighted by molar-refractivity contribution is 0.409. The molecule has 0 unspecified atom stereocenters. The third kappa shape index (κ3) is 1.73. The topological polar surface area (TPSA) is 51.3 Å². The van der Waals surface area contributed by atoms with Crippen molar-refractivity contribution in [2.24, 2.45) is 0 Å². The molecule has 1 heterocycles. The van der Waals surface area contributed by atoms with Crippen LogP contribution in [0.2, 0.25) is 5.02 Å². The molecule has 0 atom stereocenters. The van der Waals surface area contributed by atoms with Gasteiger partial charge >= 0.3 is 0 Å². The normalized spacial score (nSPS) is 10.7. The lowest BCUT2D eigenvalue weighted by atomic mass is 10.1. The molecule has 0 aliphatic carbocycles. The predicted octanol–water partition coefficient (Wildman–Crippen LogP) is 2.82. The highest BCUT2D eigenvalue weighted by molar-refractivity contribution is 6.33. The van der Waals surface area contributed by atoms with E-state index in [1.807, 2.05) is 6.92 Å². The number of ether oxygens (including phenoxy) is 2. The lowest BCUT2D eigenvalue weighted by Gasteiger charge is -2.13. The van der Waals surface area contributed by atoms with Crippen molar-refractivity contribution in [3.63, 3.8) is 0 Å². The summed E-state index contributed by atoms with van der Waals surface area (Å²) in [5, 5.41) is 0.778. The van der Waals surface area contributed by atoms with E-state index in [0.29, 0.717) is 33.0 Å². The zero-order valence-corrected chi connectivity index (χ0v) is 11.4. The number of hydrogen-bond donors (Lipinski definition) is 1. The number of aromatic nitrogens is 1. The van der Waals surface area contributed by atoms with Gasteiger partial charge in [0.2, 0.25) is 0 Å². The lowest BCUT2D eigenvalue weighted by Crippen LogP contribution is -2.11. The molecule has 1 aromatic carbocycles. The highest BCUT2D eigenvalue weighted by Crippen LogP contribution is 2.37. The third-order valence-electron chi connectivity index (χ3n) is 3.06. The Bertz CT molecular complexity index is 676. The number of aryl methyl sites for hydroxylation is 1. The number of methoxy groups -OCH3 is 2. The van der Waals surface area contributed by atoms with Gasteiger partial charge < -0.3 is 14.5 Å². The number of hydrogen-bond acceptors (Lipinski definition) is 3. The minimum Gasteiger partial charge on any atom is -0.494 e. The van der Waals surface area contributed by atoms with Gasteiger partial charge in [-0.1, -0.05) is 11.6 Å². The summed E-state index contributed by atoms with van der Waals surface area (Å²) >= 11 is 6.09. The molecule has 0 saturated heterocycles. The van der Waals surface area contributed by atoms with E-state index in [9.17, 15) is 4.79 Å². The Labute approximate surface area is 109 Å². The summed E-state index contributed by atoms with van der Waals surface area (Å²) < 4.78 is 10.5. The summed E-state index contributed by atoms with van der Waals surface area (Å²) in [5.74, 6) is 0.896. The molecule has 0 bridgehead atoms. The number of halogens is 1. The zero-order chi connectivity index (χ0) is 13.4. The molecular weight excluding hydrogens is 254 g/mol. The van der Waals surface area contributed by atoms with Crippen molar-refractivity contribution in [3.8, 4) is 11.5 Å². The maximum Gasteiger partial charge on any atom is 0.196 e. The van der Waals surface area contributed by atoms with E-state index in [1.54, 1.807) is 13.0 Å². The first kappa shape index (κ1) is 12.8. The number of aromatic amines is 1. The van der Waals surface area contributed by atoms with Crippen LogP contribution < -0.4 is 14.9 Å². The van der Waals surface area contributed by atoms with Crippen molar-refractivity contribution < 1.29 is 9.47 Å². The molecule has 1 aromatic heterocycles. The molecule has 5 heteroatoms. The molecule has 0 spiro atoms. The molecule has 18 heavy (non-hydrogen) atoms. The van der Waals surface area contributed by atoms with Crippen molar-refractivity contribution in [3.05, 3.63) is 32.6 Å². The van der Waals surface area contributed by atoms with E-state index in [-0.39, 0.29) is 5.43 Å². The van der Waals surface area contributed by atoms with Crippen LogP contribution in [-0.2, 0) is 0 Å². The minimum absolute atomic E-state index is 0.0982. The molecular formula is C13H14ClNO3. The van der Waals surface area contributed by atoms with Crippen LogP contribution in [0.3, 0.4) is 0 Å². The summed E-state index contributed by atoms with van der Waals surface area (Å²) in [6.45, 7) is 3.61. The van der Waals surface area contributed by atoms with Crippen molar-refractivity contribution in [1.29, 1.82) is 0 Å². The van der Waals surface area contributed by atoms with Gasteiger partial charge in [0.25, 0.3) is 0 Å². The van der Waals surface area contributed by atoms with Crippen LogP contribution in [0.1, 0.15) is 11.3 Å². The standard InChI is InChI=1S/C13H14ClNO3/c1-6-7(2)15-11-9(17-3)5-8(14)13(18-4)10(11)12(6)16/h5H,1-4H3,(H,15,16). The van der Waals surface area contributed by atoms with Crippen molar-refractivity contribution in [2.45, 2.75) is 13.8 Å². The SMILES string of the molecule is COc1cc(Cl)c(OC)c2c(=O)c(C)c(C)[nH]c12. The van der Waals surface area contributed by atoms with Crippen molar-refractivity contribution >= 4 is 22.5 Å². The van der Waals surface area contributed by atoms with Gasteiger partial charge in [-0.2, -0.15) is 0 Å². The van der Waals surface area contributed by atoms with Crippen molar-refractivity contribution in [2.75, 3.05) is 14.2 Å². The van der Waals surface area contributed by atoms with E-state index >= 15 is 0 Å². The van der Waals surface area contributed by atoms with Gasteiger partial charge in [0, 0.05) is 17.3 Å². The molecule has 2 rings (SSSR count). The molecule has 0 amide bonds. The van der Waals surface area contributed by atoms with Crippen molar-refractivity contribution in [1.82, 2.24) is 4.98 Å². The van der Waals surface area contributed by atoms with E-state index in [2.05, 4.69) is 4.98 Å². The number of fused-ring (bicyclic) bond motifs is 1. The first-order valence-electron chi connectivity index (χ1n) is 5.45. The Morgan fingerprint density at radius 2 is 1.89 bits per heavy atom. The van der Waals surface area contributed by atoms with Gasteiger partial charge in [0.1, 0.15) is 5.75 Å². The first-order valence-corrected chi connectivity index (χ1v) is 5.82. The molecule has 96 valence electrons. The predicted molar refractivity (Wildman–Crippen MR) is 72.2 cm³/mol. The van der Waals surface area contributed by atoms with Gasteiger partial charge in [-0.25, -0.2) is 0 Å². The van der Waals surface area contributed by atoms with Crippen LogP contribution in [-0.4, -0.2) is 19.2 Å². The smallest absolute Gasteiger partial charge is 0.196 e. The fourth-order valence-corrected chi connectivity index (χ4v) is 2.22. The number of rotatable bonds is 2. The monoisotopic (exact) mass is 267 g/mol. The van der Waals surface area contributed by atoms with Crippen LogP contribution >= 0.6 is 11.6 Å². The fraction of sp³-hybridized carbons (Fsp3) is 0.308. The Balaban J connectivity index is 3.08. The summed E-state index contributed by atoms with van der Waals surface area (Å²) in [4.78, 5) is 15.5. The summed E-state index contributed by atoms with van der Waals surface area (Å²) in [5.41, 5.74) is 1.95. The highest BCUT2D eigenvalue weighted by Gasteiger charge is 2.17. The quantitative estimate of drug-likeness (QED) is 0.910. The van der Waals surface area contributed by atoms with Gasteiger partial charge in [0.15, 0.2) is 11.2 Å². The average molecular weight is 268 g/mol. The fourth-order valence-electron chi connectivity index (χ4n) is 1.95. The van der Waals surface area contributed by atoms with E-state index in [0.717, 1.165) is 5.69 Å². The summed E-state index contributed by atoms with van der Waals surface area (Å²) in [6.07, 6.45) is 0. The molecule has 0 aliphatic rings. The Hall–Kier alpha value is -1.68. The maximum atomic E-state index is 12.3. The van der Waals surface area contributed by atoms with Crippen LogP contribution in [0.15, 0.2) is 10.9 Å². The minimum atomic E-state index is -0.0982. The van der Waals surface area contributed by atoms with E-state index in [4.69, 9.17) is 21.1 Å². The first-order chi connectivity index (χ1) is 8.51. The largest absolute Gasteiger partial charge is 0.494 e. The molecule has 0 radical (unpaired) electrons. The average Bonchev–Trinajstić information content (AvgIpc) is 2.36. The zero-order valence-electron chi connectivity index (χ0n) is 10.7. The second kappa shape index (κ2) is 4.53. The van der Waals surface area contributed by atoms with Gasteiger partial charge in [-0.3, -0.25) is 4.79 Å². The van der Waals surface area contributed by atoms with Crippen LogP contribution in [0.5, 0.6) is 11.5 Å². The Kier molecular flexibility index (Phi) is 3.22. The van der Waals surface area contributed by atoms with E-state index < -0.39 is 0 Å². The third-order valence-corrected chi connectivity index (χ3v) is 3.35. The number of benzene rings is 1. The molecule has 4 nitrogen and oxygen atoms in total. The van der Waals surface area contributed by atoms with Crippen LogP contribution in [0.25, 0.3) is 10.9 Å². The summed E-state index contributed by atoms with van der Waals surface area (Å²) in [7, 11) is 3.02. The summed E-state index contributed by atoms with van der Waals surface area (Å²) in [6, 6.07) is 1.63. The van der Waals surface area contributed by atoms with Gasteiger partial charge in [-0.15, -0.1) is 0 Å². The van der Waals surface area contributed by atoms with Gasteiger partial charge in [-0.05, 0) is 13.8 Å².